The van der Waals surface area contributed by atoms with Gasteiger partial charge < -0.3 is 10.1 Å². The van der Waals surface area contributed by atoms with Gasteiger partial charge in [0.05, 0.1) is 12.2 Å². The van der Waals surface area contributed by atoms with Crippen molar-refractivity contribution in [2.24, 2.45) is 0 Å². The van der Waals surface area contributed by atoms with E-state index in [1.807, 2.05) is 7.05 Å². The van der Waals surface area contributed by atoms with Crippen LogP contribution < -0.4 is 5.32 Å². The SMILES string of the molecule is CCC1CCCCN1CC1CCC(CNC)O1. The van der Waals surface area contributed by atoms with Gasteiger partial charge in [-0.3, -0.25) is 4.90 Å². The average molecular weight is 240 g/mol. The van der Waals surface area contributed by atoms with Crippen LogP contribution in [0.1, 0.15) is 45.4 Å². The van der Waals surface area contributed by atoms with E-state index in [-0.39, 0.29) is 0 Å². The molecule has 2 saturated heterocycles. The van der Waals surface area contributed by atoms with Gasteiger partial charge in [-0.25, -0.2) is 0 Å². The number of hydrogen-bond acceptors (Lipinski definition) is 3. The Morgan fingerprint density at radius 2 is 2.00 bits per heavy atom. The van der Waals surface area contributed by atoms with Gasteiger partial charge in [0.15, 0.2) is 0 Å². The van der Waals surface area contributed by atoms with Crippen molar-refractivity contribution in [3.05, 3.63) is 0 Å². The normalized spacial score (nSPS) is 35.3. The first-order valence-corrected chi connectivity index (χ1v) is 7.37. The fraction of sp³-hybridized carbons (Fsp3) is 1.00. The highest BCUT2D eigenvalue weighted by molar-refractivity contribution is 4.82. The first-order chi connectivity index (χ1) is 8.33. The molecular weight excluding hydrogens is 212 g/mol. The number of likely N-dealkylation sites (tertiary alicyclic amines) is 1. The molecule has 0 aromatic carbocycles. The third kappa shape index (κ3) is 3.67. The molecule has 2 rings (SSSR count). The van der Waals surface area contributed by atoms with Crippen molar-refractivity contribution in [3.63, 3.8) is 0 Å². The summed E-state index contributed by atoms with van der Waals surface area (Å²) in [4.78, 5) is 2.68. The zero-order chi connectivity index (χ0) is 12.1. The van der Waals surface area contributed by atoms with E-state index in [4.69, 9.17) is 4.74 Å². The summed E-state index contributed by atoms with van der Waals surface area (Å²) in [5.74, 6) is 0. The van der Waals surface area contributed by atoms with Crippen molar-refractivity contribution in [1.29, 1.82) is 0 Å². The minimum atomic E-state index is 0.454. The summed E-state index contributed by atoms with van der Waals surface area (Å²) < 4.78 is 6.09. The van der Waals surface area contributed by atoms with Crippen LogP contribution in [0, 0.1) is 0 Å². The Balaban J connectivity index is 1.76. The summed E-state index contributed by atoms with van der Waals surface area (Å²) in [5.41, 5.74) is 0. The van der Waals surface area contributed by atoms with Gasteiger partial charge in [0.1, 0.15) is 0 Å². The van der Waals surface area contributed by atoms with Crippen LogP contribution in [0.25, 0.3) is 0 Å². The zero-order valence-electron chi connectivity index (χ0n) is 11.5. The van der Waals surface area contributed by atoms with Gasteiger partial charge >= 0.3 is 0 Å². The summed E-state index contributed by atoms with van der Waals surface area (Å²) in [6.07, 6.45) is 8.91. The molecule has 1 N–H and O–H groups in total. The molecule has 0 bridgehead atoms. The average Bonchev–Trinajstić information content (AvgIpc) is 2.78. The maximum absolute atomic E-state index is 6.09. The lowest BCUT2D eigenvalue weighted by Crippen LogP contribution is -2.43. The highest BCUT2D eigenvalue weighted by Crippen LogP contribution is 2.24. The van der Waals surface area contributed by atoms with E-state index in [1.54, 1.807) is 0 Å². The third-order valence-corrected chi connectivity index (χ3v) is 4.29. The molecule has 2 heterocycles. The topological polar surface area (TPSA) is 24.5 Å². The van der Waals surface area contributed by atoms with Crippen LogP contribution in [0.3, 0.4) is 0 Å². The molecule has 0 radical (unpaired) electrons. The Labute approximate surface area is 106 Å². The minimum absolute atomic E-state index is 0.454. The van der Waals surface area contributed by atoms with Gasteiger partial charge in [-0.15, -0.1) is 0 Å². The van der Waals surface area contributed by atoms with Crippen molar-refractivity contribution in [1.82, 2.24) is 10.2 Å². The molecule has 2 fully saturated rings. The lowest BCUT2D eigenvalue weighted by molar-refractivity contribution is 0.00753. The largest absolute Gasteiger partial charge is 0.372 e. The Morgan fingerprint density at radius 1 is 1.18 bits per heavy atom. The molecule has 3 nitrogen and oxygen atoms in total. The van der Waals surface area contributed by atoms with E-state index in [9.17, 15) is 0 Å². The monoisotopic (exact) mass is 240 g/mol. The second-order valence-electron chi connectivity index (χ2n) is 5.57. The molecule has 3 atom stereocenters. The minimum Gasteiger partial charge on any atom is -0.372 e. The molecule has 0 spiro atoms. The molecule has 0 aromatic heterocycles. The van der Waals surface area contributed by atoms with Crippen LogP contribution in [0.2, 0.25) is 0 Å². The van der Waals surface area contributed by atoms with E-state index < -0.39 is 0 Å². The van der Waals surface area contributed by atoms with Crippen LogP contribution in [-0.2, 0) is 4.74 Å². The number of nitrogens with one attached hydrogen (secondary N) is 1. The van der Waals surface area contributed by atoms with Crippen LogP contribution in [0.15, 0.2) is 0 Å². The summed E-state index contributed by atoms with van der Waals surface area (Å²) in [7, 11) is 2.01. The van der Waals surface area contributed by atoms with Gasteiger partial charge in [-0.2, -0.15) is 0 Å². The highest BCUT2D eigenvalue weighted by Gasteiger charge is 2.29. The van der Waals surface area contributed by atoms with Gasteiger partial charge in [0, 0.05) is 19.1 Å². The fourth-order valence-electron chi connectivity index (χ4n) is 3.32. The molecule has 0 aliphatic carbocycles. The second kappa shape index (κ2) is 6.72. The number of nitrogens with zero attached hydrogens (tertiary/aromatic N) is 1. The standard InChI is InChI=1S/C14H28N2O/c1-3-12-6-4-5-9-16(12)11-14-8-7-13(17-14)10-15-2/h12-15H,3-11H2,1-2H3. The van der Waals surface area contributed by atoms with Crippen molar-refractivity contribution >= 4 is 0 Å². The molecule has 0 saturated carbocycles. The van der Waals surface area contributed by atoms with E-state index >= 15 is 0 Å². The summed E-state index contributed by atoms with van der Waals surface area (Å²) in [5, 5.41) is 3.22. The summed E-state index contributed by atoms with van der Waals surface area (Å²) >= 11 is 0. The van der Waals surface area contributed by atoms with Crippen LogP contribution in [-0.4, -0.2) is 49.8 Å². The summed E-state index contributed by atoms with van der Waals surface area (Å²) in [6, 6.07) is 0.815. The molecule has 3 unspecified atom stereocenters. The Bertz CT molecular complexity index is 222. The van der Waals surface area contributed by atoms with Gasteiger partial charge in [-0.05, 0) is 45.7 Å². The number of piperidine rings is 1. The van der Waals surface area contributed by atoms with Gasteiger partial charge in [0.2, 0.25) is 0 Å². The summed E-state index contributed by atoms with van der Waals surface area (Å²) in [6.45, 7) is 5.78. The van der Waals surface area contributed by atoms with Crippen molar-refractivity contribution < 1.29 is 4.74 Å². The van der Waals surface area contributed by atoms with Crippen molar-refractivity contribution in [2.45, 2.75) is 63.7 Å². The molecule has 2 aliphatic rings. The molecule has 0 amide bonds. The Hall–Kier alpha value is -0.120. The third-order valence-electron chi connectivity index (χ3n) is 4.29. The highest BCUT2D eigenvalue weighted by atomic mass is 16.5. The fourth-order valence-corrected chi connectivity index (χ4v) is 3.32. The lowest BCUT2D eigenvalue weighted by Gasteiger charge is -2.36. The van der Waals surface area contributed by atoms with E-state index in [0.717, 1.165) is 12.6 Å². The van der Waals surface area contributed by atoms with Crippen LogP contribution in [0.4, 0.5) is 0 Å². The van der Waals surface area contributed by atoms with Crippen molar-refractivity contribution in [2.75, 3.05) is 26.7 Å². The number of ether oxygens (including phenoxy) is 1. The quantitative estimate of drug-likeness (QED) is 0.795. The molecule has 0 aromatic rings. The van der Waals surface area contributed by atoms with E-state index in [1.165, 1.54) is 51.6 Å². The Kier molecular flexibility index (Phi) is 5.26. The predicted molar refractivity (Wildman–Crippen MR) is 71.3 cm³/mol. The van der Waals surface area contributed by atoms with E-state index in [2.05, 4.69) is 17.1 Å². The maximum Gasteiger partial charge on any atom is 0.0707 e. The van der Waals surface area contributed by atoms with Gasteiger partial charge in [0.25, 0.3) is 0 Å². The van der Waals surface area contributed by atoms with Crippen LogP contribution in [0.5, 0.6) is 0 Å². The lowest BCUT2D eigenvalue weighted by atomic mass is 9.99. The molecule has 2 aliphatic heterocycles. The van der Waals surface area contributed by atoms with Crippen molar-refractivity contribution in [3.8, 4) is 0 Å². The molecular formula is C14H28N2O. The molecule has 3 heteroatoms. The number of rotatable bonds is 5. The van der Waals surface area contributed by atoms with Crippen LogP contribution >= 0.6 is 0 Å². The smallest absolute Gasteiger partial charge is 0.0707 e. The molecule has 100 valence electrons. The molecule has 17 heavy (non-hydrogen) atoms. The maximum atomic E-state index is 6.09. The zero-order valence-corrected chi connectivity index (χ0v) is 11.5. The van der Waals surface area contributed by atoms with Gasteiger partial charge in [-0.1, -0.05) is 13.3 Å². The predicted octanol–water partition coefficient (Wildman–Crippen LogP) is 2.02. The number of hydrogen-bond donors (Lipinski definition) is 1. The second-order valence-corrected chi connectivity index (χ2v) is 5.57. The Morgan fingerprint density at radius 3 is 2.76 bits per heavy atom. The number of likely N-dealkylation sites (N-methyl/N-ethyl adjacent to an activating group) is 1. The first-order valence-electron chi connectivity index (χ1n) is 7.37. The van der Waals surface area contributed by atoms with E-state index in [0.29, 0.717) is 12.2 Å². The first kappa shape index (κ1) is 13.3.